The molecule has 1 saturated heterocycles. The van der Waals surface area contributed by atoms with E-state index in [4.69, 9.17) is 11.6 Å². The van der Waals surface area contributed by atoms with Crippen LogP contribution in [-0.4, -0.2) is 41.6 Å². The van der Waals surface area contributed by atoms with Gasteiger partial charge < -0.3 is 10.2 Å². The lowest BCUT2D eigenvalue weighted by molar-refractivity contribution is -0.186. The minimum absolute atomic E-state index is 0.0289. The van der Waals surface area contributed by atoms with Crippen molar-refractivity contribution in [3.63, 3.8) is 0 Å². The van der Waals surface area contributed by atoms with Crippen molar-refractivity contribution >= 4 is 23.3 Å². The van der Waals surface area contributed by atoms with Crippen LogP contribution in [0.2, 0.25) is 5.02 Å². The standard InChI is InChI=1S/C14H14ClF6N3O/c15-10-5-9(13(16,17)18)7-23-11(10)22-6-8-1-3-24(4-2-8)12(25)14(19,20)21/h5,7-8H,1-4,6H2,(H,22,23). The largest absolute Gasteiger partial charge is 0.471 e. The van der Waals surface area contributed by atoms with Crippen LogP contribution in [0.4, 0.5) is 32.2 Å². The lowest BCUT2D eigenvalue weighted by Crippen LogP contribution is -2.46. The van der Waals surface area contributed by atoms with Gasteiger partial charge in [-0.15, -0.1) is 0 Å². The van der Waals surface area contributed by atoms with Crippen LogP contribution in [0.5, 0.6) is 0 Å². The molecule has 2 heterocycles. The molecule has 0 spiro atoms. The zero-order valence-corrected chi connectivity index (χ0v) is 13.5. The second-order valence-corrected chi connectivity index (χ2v) is 6.07. The van der Waals surface area contributed by atoms with E-state index >= 15 is 0 Å². The molecule has 0 atom stereocenters. The minimum Gasteiger partial charge on any atom is -0.369 e. The van der Waals surface area contributed by atoms with Crippen molar-refractivity contribution < 1.29 is 31.1 Å². The summed E-state index contributed by atoms with van der Waals surface area (Å²) >= 11 is 5.77. The van der Waals surface area contributed by atoms with Gasteiger partial charge in [-0.1, -0.05) is 11.6 Å². The number of hydrogen-bond acceptors (Lipinski definition) is 3. The number of carbonyl (C=O) groups is 1. The van der Waals surface area contributed by atoms with E-state index in [1.54, 1.807) is 0 Å². The zero-order chi connectivity index (χ0) is 18.8. The molecule has 140 valence electrons. The average molecular weight is 390 g/mol. The van der Waals surface area contributed by atoms with Crippen LogP contribution < -0.4 is 5.32 Å². The molecule has 1 fully saturated rings. The van der Waals surface area contributed by atoms with Gasteiger partial charge in [-0.25, -0.2) is 4.98 Å². The predicted octanol–water partition coefficient (Wildman–Crippen LogP) is 3.97. The van der Waals surface area contributed by atoms with Gasteiger partial charge in [0.05, 0.1) is 10.6 Å². The summed E-state index contributed by atoms with van der Waals surface area (Å²) in [6, 6.07) is 0.751. The zero-order valence-electron chi connectivity index (χ0n) is 12.7. The molecule has 1 aromatic heterocycles. The highest BCUT2D eigenvalue weighted by Gasteiger charge is 2.43. The molecular weight excluding hydrogens is 376 g/mol. The van der Waals surface area contributed by atoms with Gasteiger partial charge in [0.25, 0.3) is 0 Å². The van der Waals surface area contributed by atoms with Crippen LogP contribution in [0.15, 0.2) is 12.3 Å². The van der Waals surface area contributed by atoms with Crippen molar-refractivity contribution in [2.75, 3.05) is 25.0 Å². The topological polar surface area (TPSA) is 45.2 Å². The Bertz CT molecular complexity index is 626. The van der Waals surface area contributed by atoms with Gasteiger partial charge in [0.2, 0.25) is 0 Å². The first-order chi connectivity index (χ1) is 11.5. The Kier molecular flexibility index (Phi) is 5.70. The highest BCUT2D eigenvalue weighted by molar-refractivity contribution is 6.32. The van der Waals surface area contributed by atoms with Crippen molar-refractivity contribution in [3.05, 3.63) is 22.8 Å². The van der Waals surface area contributed by atoms with E-state index in [1.807, 2.05) is 0 Å². The van der Waals surface area contributed by atoms with Crippen molar-refractivity contribution in [1.29, 1.82) is 0 Å². The molecule has 0 bridgehead atoms. The Hall–Kier alpha value is -1.71. The van der Waals surface area contributed by atoms with Crippen LogP contribution >= 0.6 is 11.6 Å². The van der Waals surface area contributed by atoms with Crippen LogP contribution in [0, 0.1) is 5.92 Å². The lowest BCUT2D eigenvalue weighted by Gasteiger charge is -2.32. The van der Waals surface area contributed by atoms with E-state index in [-0.39, 0.29) is 36.4 Å². The molecule has 0 aromatic carbocycles. The molecule has 0 saturated carbocycles. The Labute approximate surface area is 144 Å². The molecule has 1 aliphatic rings. The average Bonchev–Trinajstić information content (AvgIpc) is 2.51. The summed E-state index contributed by atoms with van der Waals surface area (Å²) in [6.45, 7) is 0.226. The quantitative estimate of drug-likeness (QED) is 0.796. The minimum atomic E-state index is -4.89. The van der Waals surface area contributed by atoms with Crippen LogP contribution in [0.3, 0.4) is 0 Å². The highest BCUT2D eigenvalue weighted by Crippen LogP contribution is 2.32. The van der Waals surface area contributed by atoms with E-state index in [9.17, 15) is 31.1 Å². The highest BCUT2D eigenvalue weighted by atomic mass is 35.5. The Morgan fingerprint density at radius 1 is 1.24 bits per heavy atom. The van der Waals surface area contributed by atoms with Crippen LogP contribution in [-0.2, 0) is 11.0 Å². The summed E-state index contributed by atoms with van der Waals surface area (Å²) in [5.41, 5.74) is -0.970. The number of carbonyl (C=O) groups excluding carboxylic acids is 1. The Morgan fingerprint density at radius 3 is 2.32 bits per heavy atom. The number of likely N-dealkylation sites (tertiary alicyclic amines) is 1. The molecule has 0 unspecified atom stereocenters. The number of pyridine rings is 1. The van der Waals surface area contributed by atoms with Crippen molar-refractivity contribution in [1.82, 2.24) is 9.88 Å². The first kappa shape index (κ1) is 19.6. The molecule has 1 aromatic rings. The number of halogens is 7. The van der Waals surface area contributed by atoms with Crippen molar-refractivity contribution in [2.24, 2.45) is 5.92 Å². The number of nitrogens with one attached hydrogen (secondary N) is 1. The number of piperidine rings is 1. The third-order valence-corrected chi connectivity index (χ3v) is 4.16. The molecular formula is C14H14ClF6N3O. The van der Waals surface area contributed by atoms with Gasteiger partial charge >= 0.3 is 18.3 Å². The second-order valence-electron chi connectivity index (χ2n) is 5.67. The summed E-state index contributed by atoms with van der Waals surface area (Å²) in [4.78, 5) is 15.5. The molecule has 1 N–H and O–H groups in total. The van der Waals surface area contributed by atoms with E-state index in [1.165, 1.54) is 0 Å². The second kappa shape index (κ2) is 7.27. The Balaban J connectivity index is 1.87. The predicted molar refractivity (Wildman–Crippen MR) is 78.1 cm³/mol. The SMILES string of the molecule is O=C(N1CCC(CNc2ncc(C(F)(F)F)cc2Cl)CC1)C(F)(F)F. The number of amides is 1. The summed E-state index contributed by atoms with van der Waals surface area (Å²) in [7, 11) is 0. The van der Waals surface area contributed by atoms with Crippen molar-refractivity contribution in [2.45, 2.75) is 25.2 Å². The molecule has 0 aliphatic carbocycles. The molecule has 1 aliphatic heterocycles. The Morgan fingerprint density at radius 2 is 1.84 bits per heavy atom. The van der Waals surface area contributed by atoms with Gasteiger partial charge in [0, 0.05) is 25.8 Å². The summed E-state index contributed by atoms with van der Waals surface area (Å²) in [5, 5.41) is 2.60. The summed E-state index contributed by atoms with van der Waals surface area (Å²) < 4.78 is 74.7. The smallest absolute Gasteiger partial charge is 0.369 e. The first-order valence-electron chi connectivity index (χ1n) is 7.31. The maximum absolute atomic E-state index is 12.5. The lowest BCUT2D eigenvalue weighted by atomic mass is 9.96. The fraction of sp³-hybridized carbons (Fsp3) is 0.571. The van der Waals surface area contributed by atoms with Crippen LogP contribution in [0.25, 0.3) is 0 Å². The van der Waals surface area contributed by atoms with E-state index in [0.717, 1.165) is 11.0 Å². The monoisotopic (exact) mass is 389 g/mol. The maximum atomic E-state index is 12.5. The molecule has 1 amide bonds. The molecule has 4 nitrogen and oxygen atoms in total. The van der Waals surface area contributed by atoms with E-state index in [2.05, 4.69) is 10.3 Å². The van der Waals surface area contributed by atoms with Gasteiger partial charge in [-0.3, -0.25) is 4.79 Å². The van der Waals surface area contributed by atoms with Gasteiger partial charge in [0.1, 0.15) is 5.82 Å². The molecule has 0 radical (unpaired) electrons. The number of hydrogen-bond donors (Lipinski definition) is 1. The van der Waals surface area contributed by atoms with Gasteiger partial charge in [-0.05, 0) is 24.8 Å². The molecule has 25 heavy (non-hydrogen) atoms. The van der Waals surface area contributed by atoms with Gasteiger partial charge in [0.15, 0.2) is 0 Å². The fourth-order valence-corrected chi connectivity index (χ4v) is 2.72. The normalized spacial score (nSPS) is 16.8. The maximum Gasteiger partial charge on any atom is 0.471 e. The summed E-state index contributed by atoms with van der Waals surface area (Å²) in [5.74, 6) is -1.83. The number of nitrogens with zero attached hydrogens (tertiary/aromatic N) is 2. The van der Waals surface area contributed by atoms with E-state index < -0.39 is 23.8 Å². The van der Waals surface area contributed by atoms with E-state index in [0.29, 0.717) is 19.0 Å². The number of rotatable bonds is 3. The summed E-state index contributed by atoms with van der Waals surface area (Å²) in [6.07, 6.45) is -8.10. The first-order valence-corrected chi connectivity index (χ1v) is 7.69. The third-order valence-electron chi connectivity index (χ3n) is 3.87. The number of anilines is 1. The van der Waals surface area contributed by atoms with Crippen LogP contribution in [0.1, 0.15) is 18.4 Å². The van der Waals surface area contributed by atoms with Crippen molar-refractivity contribution in [3.8, 4) is 0 Å². The van der Waals surface area contributed by atoms with Gasteiger partial charge in [-0.2, -0.15) is 26.3 Å². The fourth-order valence-electron chi connectivity index (χ4n) is 2.48. The molecule has 2 rings (SSSR count). The number of alkyl halides is 6. The third kappa shape index (κ3) is 5.13. The number of aromatic nitrogens is 1. The molecule has 11 heteroatoms.